The van der Waals surface area contributed by atoms with Crippen LogP contribution in [0.15, 0.2) is 119 Å². The lowest BCUT2D eigenvalue weighted by atomic mass is 10.0. The highest BCUT2D eigenvalue weighted by molar-refractivity contribution is 7.90. The number of rotatable bonds is 10. The number of likely N-dealkylation sites (tertiary alicyclic amines) is 1. The van der Waals surface area contributed by atoms with Crippen LogP contribution < -0.4 is 5.69 Å². The largest absolute Gasteiger partial charge is 0.448 e. The third-order valence-corrected chi connectivity index (χ3v) is 10.8. The number of carbonyl (C=O) groups excluding carboxylic acids is 1. The van der Waals surface area contributed by atoms with Crippen molar-refractivity contribution in [2.45, 2.75) is 56.0 Å². The summed E-state index contributed by atoms with van der Waals surface area (Å²) >= 11 is 0. The van der Waals surface area contributed by atoms with Gasteiger partial charge in [-0.05, 0) is 67.3 Å². The zero-order chi connectivity index (χ0) is 35.5. The molecule has 0 bridgehead atoms. The predicted molar refractivity (Wildman–Crippen MR) is 193 cm³/mol. The van der Waals surface area contributed by atoms with Gasteiger partial charge in [-0.3, -0.25) is 9.47 Å². The predicted octanol–water partition coefficient (Wildman–Crippen LogP) is 7.04. The average Bonchev–Trinajstić information content (AvgIpc) is 3.43. The molecule has 0 saturated carbocycles. The summed E-state index contributed by atoms with van der Waals surface area (Å²) in [5, 5.41) is 0. The van der Waals surface area contributed by atoms with E-state index in [2.05, 4.69) is 29.2 Å². The fourth-order valence-corrected chi connectivity index (χ4v) is 7.75. The SMILES string of the molecule is C[C@@H](COC(=O)N1CCC(n2c(=O)n(S(=O)(=O)c3ccc(C(F)(F)F)cc3)c3ccccc32)CC1)N(Cc1ccccc1)Cc1ccccc1.S. The highest BCUT2D eigenvalue weighted by Crippen LogP contribution is 2.31. The number of piperidine rings is 1. The van der Waals surface area contributed by atoms with Crippen LogP contribution in [0.1, 0.15) is 42.5 Å². The van der Waals surface area contributed by atoms with Crippen molar-refractivity contribution in [1.82, 2.24) is 18.3 Å². The van der Waals surface area contributed by atoms with Crippen molar-refractivity contribution in [3.8, 4) is 0 Å². The van der Waals surface area contributed by atoms with Crippen LogP contribution in [-0.4, -0.2) is 58.6 Å². The molecule has 5 aromatic rings. The van der Waals surface area contributed by atoms with Crippen LogP contribution in [0, 0.1) is 0 Å². The number of hydrogen-bond donors (Lipinski definition) is 0. The van der Waals surface area contributed by atoms with Gasteiger partial charge >= 0.3 is 18.0 Å². The first-order valence-corrected chi connectivity index (χ1v) is 17.8. The number of nitrogens with zero attached hydrogens (tertiary/aromatic N) is 4. The minimum atomic E-state index is -4.64. The van der Waals surface area contributed by atoms with Crippen molar-refractivity contribution in [2.75, 3.05) is 19.7 Å². The molecule has 0 radical (unpaired) electrons. The van der Waals surface area contributed by atoms with Crippen molar-refractivity contribution in [3.05, 3.63) is 136 Å². The van der Waals surface area contributed by atoms with Crippen LogP contribution in [0.2, 0.25) is 0 Å². The molecule has 1 atom stereocenters. The Morgan fingerprint density at radius 3 is 1.86 bits per heavy atom. The van der Waals surface area contributed by atoms with E-state index in [0.717, 1.165) is 23.3 Å². The van der Waals surface area contributed by atoms with Crippen molar-refractivity contribution >= 4 is 40.6 Å². The summed E-state index contributed by atoms with van der Waals surface area (Å²) < 4.78 is 74.5. The maximum Gasteiger partial charge on any atom is 0.416 e. The van der Waals surface area contributed by atoms with Gasteiger partial charge in [0.25, 0.3) is 10.0 Å². The summed E-state index contributed by atoms with van der Waals surface area (Å²) in [6.07, 6.45) is -4.37. The van der Waals surface area contributed by atoms with Crippen molar-refractivity contribution in [2.24, 2.45) is 0 Å². The summed E-state index contributed by atoms with van der Waals surface area (Å²) in [6, 6.07) is 29.1. The van der Waals surface area contributed by atoms with Crippen LogP contribution >= 0.6 is 13.5 Å². The van der Waals surface area contributed by atoms with E-state index in [0.29, 0.717) is 47.6 Å². The molecule has 1 saturated heterocycles. The summed E-state index contributed by atoms with van der Waals surface area (Å²) in [5.41, 5.74) is 0.962. The topological polar surface area (TPSA) is 93.8 Å². The molecule has 2 heterocycles. The van der Waals surface area contributed by atoms with Crippen LogP contribution in [-0.2, 0) is 34.0 Å². The molecule has 0 aliphatic carbocycles. The second-order valence-electron chi connectivity index (χ2n) is 12.5. The van der Waals surface area contributed by atoms with Gasteiger partial charge in [0, 0.05) is 38.3 Å². The third kappa shape index (κ3) is 8.35. The molecular weight excluding hydrogens is 702 g/mol. The Hall–Kier alpha value is -4.53. The van der Waals surface area contributed by atoms with E-state index in [1.54, 1.807) is 23.1 Å². The third-order valence-electron chi connectivity index (χ3n) is 9.08. The Bertz CT molecular complexity index is 2060. The summed E-state index contributed by atoms with van der Waals surface area (Å²) in [7, 11) is -4.54. The summed E-state index contributed by atoms with van der Waals surface area (Å²) in [5.74, 6) is 0. The van der Waals surface area contributed by atoms with Gasteiger partial charge < -0.3 is 9.64 Å². The number of amides is 1. The molecule has 51 heavy (non-hydrogen) atoms. The smallest absolute Gasteiger partial charge is 0.416 e. The molecule has 1 aromatic heterocycles. The van der Waals surface area contributed by atoms with Crippen molar-refractivity contribution < 1.29 is 31.1 Å². The first-order valence-electron chi connectivity index (χ1n) is 16.3. The molecule has 270 valence electrons. The average molecular weight is 741 g/mol. The van der Waals surface area contributed by atoms with Gasteiger partial charge in [0.05, 0.1) is 21.5 Å². The zero-order valence-electron chi connectivity index (χ0n) is 27.9. The minimum Gasteiger partial charge on any atom is -0.448 e. The number of alkyl halides is 3. The number of carbonyl (C=O) groups is 1. The first kappa shape index (κ1) is 37.7. The molecular formula is C37H39F3N4O5S2. The molecule has 0 spiro atoms. The standard InChI is InChI=1S/C37H37F3N4O5S.H2S/c1-27(42(24-28-10-4-2-5-11-28)25-29-12-6-3-7-13-29)26-49-36(46)41-22-20-31(21-23-41)43-33-14-8-9-15-34(33)44(35(43)45)50(47,48)32-18-16-30(17-19-32)37(38,39)40;/h2-19,27,31H,20-26H2,1H3;1H2/t27-;/m0./s1. The fourth-order valence-electron chi connectivity index (χ4n) is 6.35. The molecule has 1 amide bonds. The van der Waals surface area contributed by atoms with Gasteiger partial charge in [0.2, 0.25) is 0 Å². The van der Waals surface area contributed by atoms with Gasteiger partial charge in [0.15, 0.2) is 0 Å². The van der Waals surface area contributed by atoms with Crippen LogP contribution in [0.5, 0.6) is 0 Å². The van der Waals surface area contributed by atoms with Gasteiger partial charge in [0.1, 0.15) is 6.61 Å². The maximum atomic E-state index is 13.8. The van der Waals surface area contributed by atoms with Gasteiger partial charge in [-0.15, -0.1) is 0 Å². The van der Waals surface area contributed by atoms with E-state index < -0.39 is 44.5 Å². The van der Waals surface area contributed by atoms with E-state index in [4.69, 9.17) is 4.74 Å². The lowest BCUT2D eigenvalue weighted by Crippen LogP contribution is -2.43. The normalized spacial score (nSPS) is 14.7. The number of fused-ring (bicyclic) bond motifs is 1. The van der Waals surface area contributed by atoms with Crippen molar-refractivity contribution in [1.29, 1.82) is 0 Å². The quantitative estimate of drug-likeness (QED) is 0.153. The van der Waals surface area contributed by atoms with E-state index >= 15 is 0 Å². The Kier molecular flexibility index (Phi) is 11.7. The number of benzene rings is 4. The molecule has 1 aliphatic rings. The lowest BCUT2D eigenvalue weighted by molar-refractivity contribution is -0.137. The molecule has 9 nitrogen and oxygen atoms in total. The van der Waals surface area contributed by atoms with Crippen LogP contribution in [0.3, 0.4) is 0 Å². The Labute approximate surface area is 301 Å². The van der Waals surface area contributed by atoms with E-state index in [-0.39, 0.29) is 44.8 Å². The fraction of sp³-hybridized carbons (Fsp3) is 0.297. The lowest BCUT2D eigenvalue weighted by Gasteiger charge is -2.33. The van der Waals surface area contributed by atoms with Crippen LogP contribution in [0.4, 0.5) is 18.0 Å². The molecule has 1 fully saturated rings. The molecule has 1 aliphatic heterocycles. The van der Waals surface area contributed by atoms with Gasteiger partial charge in [-0.1, -0.05) is 72.8 Å². The number of ether oxygens (including phenoxy) is 1. The second kappa shape index (κ2) is 15.8. The zero-order valence-corrected chi connectivity index (χ0v) is 29.7. The maximum absolute atomic E-state index is 13.8. The second-order valence-corrected chi connectivity index (χ2v) is 14.2. The Balaban J connectivity index is 0.00000504. The highest BCUT2D eigenvalue weighted by atomic mass is 32.2. The minimum absolute atomic E-state index is 0. The van der Waals surface area contributed by atoms with E-state index in [1.807, 2.05) is 43.3 Å². The number of halogens is 3. The Morgan fingerprint density at radius 1 is 0.824 bits per heavy atom. The molecule has 4 aromatic carbocycles. The number of para-hydroxylation sites is 2. The number of imidazole rings is 1. The molecule has 6 rings (SSSR count). The van der Waals surface area contributed by atoms with Gasteiger partial charge in [-0.2, -0.15) is 30.6 Å². The molecule has 14 heteroatoms. The van der Waals surface area contributed by atoms with Gasteiger partial charge in [-0.25, -0.2) is 18.0 Å². The van der Waals surface area contributed by atoms with Crippen molar-refractivity contribution in [3.63, 3.8) is 0 Å². The highest BCUT2D eigenvalue weighted by Gasteiger charge is 2.33. The molecule has 0 unspecified atom stereocenters. The number of aromatic nitrogens is 2. The summed E-state index contributed by atoms with van der Waals surface area (Å²) in [6.45, 7) is 4.12. The van der Waals surface area contributed by atoms with E-state index in [9.17, 15) is 31.2 Å². The first-order chi connectivity index (χ1) is 23.9. The van der Waals surface area contributed by atoms with Crippen LogP contribution in [0.25, 0.3) is 11.0 Å². The van der Waals surface area contributed by atoms with E-state index in [1.165, 1.54) is 10.6 Å². The monoisotopic (exact) mass is 740 g/mol. The molecule has 0 N–H and O–H groups in total. The Morgan fingerprint density at radius 2 is 1.33 bits per heavy atom. The summed E-state index contributed by atoms with van der Waals surface area (Å²) in [4.78, 5) is 30.4. The number of hydrogen-bond acceptors (Lipinski definition) is 6.